The SMILES string of the molecule is CC[C@@H](C)[C@@H](C(=O)O[C@@H](C)C(=O)NCc1ccc(F)cc1)c1ccccc1. The molecule has 1 N–H and O–H groups in total. The van der Waals surface area contributed by atoms with E-state index in [1.165, 1.54) is 12.1 Å². The number of esters is 1. The Morgan fingerprint density at radius 1 is 1.04 bits per heavy atom. The van der Waals surface area contributed by atoms with Crippen LogP contribution in [0.25, 0.3) is 0 Å². The van der Waals surface area contributed by atoms with Crippen molar-refractivity contribution in [2.45, 2.75) is 45.8 Å². The molecule has 0 heterocycles. The summed E-state index contributed by atoms with van der Waals surface area (Å²) in [6.07, 6.45) is -0.0898. The summed E-state index contributed by atoms with van der Waals surface area (Å²) < 4.78 is 18.4. The molecule has 0 aliphatic rings. The van der Waals surface area contributed by atoms with Crippen LogP contribution in [0.1, 0.15) is 44.2 Å². The van der Waals surface area contributed by atoms with E-state index in [4.69, 9.17) is 4.74 Å². The van der Waals surface area contributed by atoms with Gasteiger partial charge in [-0.25, -0.2) is 4.39 Å². The average Bonchev–Trinajstić information content (AvgIpc) is 2.68. The standard InChI is InChI=1S/C22H26FNO3/c1-4-15(2)20(18-8-6-5-7-9-18)22(26)27-16(3)21(25)24-14-17-10-12-19(23)13-11-17/h5-13,15-16,20H,4,14H2,1-3H3,(H,24,25)/t15-,16+,20-/m1/s1. The number of halogens is 1. The van der Waals surface area contributed by atoms with Gasteiger partial charge in [0.05, 0.1) is 5.92 Å². The van der Waals surface area contributed by atoms with Crippen molar-refractivity contribution in [3.8, 4) is 0 Å². The van der Waals surface area contributed by atoms with Crippen LogP contribution in [0.15, 0.2) is 54.6 Å². The van der Waals surface area contributed by atoms with Crippen molar-refractivity contribution in [1.29, 1.82) is 0 Å². The molecule has 0 aliphatic heterocycles. The van der Waals surface area contributed by atoms with Gasteiger partial charge in [0, 0.05) is 6.54 Å². The van der Waals surface area contributed by atoms with Crippen molar-refractivity contribution in [1.82, 2.24) is 5.32 Å². The molecular formula is C22H26FNO3. The summed E-state index contributed by atoms with van der Waals surface area (Å²) in [5.41, 5.74) is 1.65. The molecule has 144 valence electrons. The second kappa shape index (κ2) is 9.86. The topological polar surface area (TPSA) is 55.4 Å². The van der Waals surface area contributed by atoms with Crippen LogP contribution in [-0.4, -0.2) is 18.0 Å². The molecule has 2 aromatic carbocycles. The van der Waals surface area contributed by atoms with Crippen LogP contribution in [0, 0.1) is 11.7 Å². The maximum atomic E-state index is 12.9. The number of hydrogen-bond donors (Lipinski definition) is 1. The number of rotatable bonds is 8. The molecule has 5 heteroatoms. The Labute approximate surface area is 159 Å². The lowest BCUT2D eigenvalue weighted by molar-refractivity contribution is -0.157. The predicted molar refractivity (Wildman–Crippen MR) is 102 cm³/mol. The zero-order valence-electron chi connectivity index (χ0n) is 15.9. The molecule has 0 radical (unpaired) electrons. The predicted octanol–water partition coefficient (Wildman–Crippen LogP) is 4.20. The van der Waals surface area contributed by atoms with Crippen LogP contribution in [-0.2, 0) is 20.9 Å². The molecule has 4 nitrogen and oxygen atoms in total. The normalized spacial score (nSPS) is 14.1. The zero-order valence-corrected chi connectivity index (χ0v) is 15.9. The quantitative estimate of drug-likeness (QED) is 0.708. The Morgan fingerprint density at radius 2 is 1.67 bits per heavy atom. The molecule has 0 aliphatic carbocycles. The molecule has 0 unspecified atom stereocenters. The van der Waals surface area contributed by atoms with Gasteiger partial charge in [0.1, 0.15) is 5.82 Å². The molecular weight excluding hydrogens is 345 g/mol. The number of nitrogens with one attached hydrogen (secondary N) is 1. The Hall–Kier alpha value is -2.69. The first-order valence-corrected chi connectivity index (χ1v) is 9.20. The van der Waals surface area contributed by atoms with Gasteiger partial charge in [-0.3, -0.25) is 9.59 Å². The minimum absolute atomic E-state index is 0.0920. The van der Waals surface area contributed by atoms with Crippen LogP contribution < -0.4 is 5.32 Å². The third-order valence-electron chi connectivity index (χ3n) is 4.67. The molecule has 1 amide bonds. The van der Waals surface area contributed by atoms with E-state index in [9.17, 15) is 14.0 Å². The first-order chi connectivity index (χ1) is 12.9. The van der Waals surface area contributed by atoms with Gasteiger partial charge in [-0.2, -0.15) is 0 Å². The average molecular weight is 371 g/mol. The summed E-state index contributed by atoms with van der Waals surface area (Å²) in [6.45, 7) is 5.82. The second-order valence-corrected chi connectivity index (χ2v) is 6.70. The number of amides is 1. The highest BCUT2D eigenvalue weighted by Gasteiger charge is 2.30. The monoisotopic (exact) mass is 371 g/mol. The largest absolute Gasteiger partial charge is 0.452 e. The summed E-state index contributed by atoms with van der Waals surface area (Å²) in [7, 11) is 0. The van der Waals surface area contributed by atoms with E-state index in [1.54, 1.807) is 19.1 Å². The van der Waals surface area contributed by atoms with Gasteiger partial charge >= 0.3 is 5.97 Å². The van der Waals surface area contributed by atoms with Crippen molar-refractivity contribution < 1.29 is 18.7 Å². The molecule has 0 aromatic heterocycles. The lowest BCUT2D eigenvalue weighted by Crippen LogP contribution is -2.37. The maximum Gasteiger partial charge on any atom is 0.314 e. The highest BCUT2D eigenvalue weighted by molar-refractivity contribution is 5.85. The fraction of sp³-hybridized carbons (Fsp3) is 0.364. The number of carbonyl (C=O) groups is 2. The molecule has 0 bridgehead atoms. The Bertz CT molecular complexity index is 746. The maximum absolute atomic E-state index is 12.9. The number of hydrogen-bond acceptors (Lipinski definition) is 3. The molecule has 0 saturated heterocycles. The molecule has 27 heavy (non-hydrogen) atoms. The Morgan fingerprint density at radius 3 is 2.26 bits per heavy atom. The van der Waals surface area contributed by atoms with E-state index in [0.29, 0.717) is 0 Å². The minimum atomic E-state index is -0.909. The highest BCUT2D eigenvalue weighted by atomic mass is 19.1. The summed E-state index contributed by atoms with van der Waals surface area (Å²) >= 11 is 0. The van der Waals surface area contributed by atoms with Crippen LogP contribution in [0.4, 0.5) is 4.39 Å². The summed E-state index contributed by atoms with van der Waals surface area (Å²) in [5.74, 6) is -1.44. The van der Waals surface area contributed by atoms with E-state index in [-0.39, 0.29) is 24.2 Å². The van der Waals surface area contributed by atoms with E-state index in [2.05, 4.69) is 5.32 Å². The summed E-state index contributed by atoms with van der Waals surface area (Å²) in [5, 5.41) is 2.71. The smallest absolute Gasteiger partial charge is 0.314 e. The molecule has 0 saturated carbocycles. The van der Waals surface area contributed by atoms with Crippen molar-refractivity contribution in [2.75, 3.05) is 0 Å². The summed E-state index contributed by atoms with van der Waals surface area (Å²) in [6, 6.07) is 15.3. The van der Waals surface area contributed by atoms with Gasteiger partial charge < -0.3 is 10.1 Å². The first kappa shape index (κ1) is 20.6. The molecule has 0 spiro atoms. The lowest BCUT2D eigenvalue weighted by Gasteiger charge is -2.23. The minimum Gasteiger partial charge on any atom is -0.452 e. The van der Waals surface area contributed by atoms with E-state index >= 15 is 0 Å². The van der Waals surface area contributed by atoms with Gasteiger partial charge in [0.25, 0.3) is 5.91 Å². The fourth-order valence-electron chi connectivity index (χ4n) is 2.83. The van der Waals surface area contributed by atoms with Crippen LogP contribution >= 0.6 is 0 Å². The molecule has 3 atom stereocenters. The van der Waals surface area contributed by atoms with Gasteiger partial charge in [0.15, 0.2) is 6.10 Å². The number of carbonyl (C=O) groups excluding carboxylic acids is 2. The van der Waals surface area contributed by atoms with Crippen molar-refractivity contribution in [3.05, 3.63) is 71.5 Å². The number of benzene rings is 2. The van der Waals surface area contributed by atoms with Gasteiger partial charge in [-0.05, 0) is 36.1 Å². The Kier molecular flexibility index (Phi) is 7.53. The van der Waals surface area contributed by atoms with Crippen LogP contribution in [0.2, 0.25) is 0 Å². The van der Waals surface area contributed by atoms with Gasteiger partial charge in [-0.1, -0.05) is 62.7 Å². The van der Waals surface area contributed by atoms with Crippen LogP contribution in [0.3, 0.4) is 0 Å². The van der Waals surface area contributed by atoms with Crippen LogP contribution in [0.5, 0.6) is 0 Å². The highest BCUT2D eigenvalue weighted by Crippen LogP contribution is 2.28. The molecule has 2 rings (SSSR count). The third kappa shape index (κ3) is 5.91. The van der Waals surface area contributed by atoms with Crippen molar-refractivity contribution >= 4 is 11.9 Å². The van der Waals surface area contributed by atoms with Crippen molar-refractivity contribution in [2.24, 2.45) is 5.92 Å². The Balaban J connectivity index is 1.97. The lowest BCUT2D eigenvalue weighted by atomic mass is 9.85. The summed E-state index contributed by atoms with van der Waals surface area (Å²) in [4.78, 5) is 25.0. The van der Waals surface area contributed by atoms with E-state index in [0.717, 1.165) is 17.5 Å². The van der Waals surface area contributed by atoms with E-state index < -0.39 is 18.0 Å². The first-order valence-electron chi connectivity index (χ1n) is 9.20. The molecule has 2 aromatic rings. The third-order valence-corrected chi connectivity index (χ3v) is 4.67. The van der Waals surface area contributed by atoms with E-state index in [1.807, 2.05) is 44.2 Å². The van der Waals surface area contributed by atoms with Gasteiger partial charge in [-0.15, -0.1) is 0 Å². The van der Waals surface area contributed by atoms with Crippen molar-refractivity contribution in [3.63, 3.8) is 0 Å². The fourth-order valence-corrected chi connectivity index (χ4v) is 2.83. The zero-order chi connectivity index (χ0) is 19.8. The van der Waals surface area contributed by atoms with Gasteiger partial charge in [0.2, 0.25) is 0 Å². The second-order valence-electron chi connectivity index (χ2n) is 6.70. The molecule has 0 fully saturated rings. The number of ether oxygens (including phenoxy) is 1.